The molecule has 0 radical (unpaired) electrons. The van der Waals surface area contributed by atoms with E-state index in [1.165, 1.54) is 6.92 Å². The number of hydrogen-bond acceptors (Lipinski definition) is 5. The van der Waals surface area contributed by atoms with Crippen LogP contribution in [0.5, 0.6) is 0 Å². The number of nitrogens with zero attached hydrogens (tertiary/aromatic N) is 1. The number of carbonyl (C=O) groups excluding carboxylic acids is 2. The van der Waals surface area contributed by atoms with Crippen LogP contribution in [-0.4, -0.2) is 71.5 Å². The van der Waals surface area contributed by atoms with Gasteiger partial charge in [-0.1, -0.05) is 40.7 Å². The van der Waals surface area contributed by atoms with Gasteiger partial charge in [0, 0.05) is 12.6 Å². The Morgan fingerprint density at radius 1 is 1.17 bits per heavy atom. The third-order valence-electron chi connectivity index (χ3n) is 5.48. The molecule has 0 aliphatic carbocycles. The Kier molecular flexibility index (Phi) is 11.1. The van der Waals surface area contributed by atoms with E-state index in [-0.39, 0.29) is 23.3 Å². The van der Waals surface area contributed by atoms with Gasteiger partial charge in [0.1, 0.15) is 6.04 Å². The van der Waals surface area contributed by atoms with E-state index >= 15 is 0 Å². The van der Waals surface area contributed by atoms with Crippen LogP contribution in [-0.2, 0) is 14.4 Å². The smallest absolute Gasteiger partial charge is 0.331 e. The van der Waals surface area contributed by atoms with Gasteiger partial charge in [-0.05, 0) is 50.7 Å². The largest absolute Gasteiger partial charge is 0.478 e. The Morgan fingerprint density at radius 2 is 1.70 bits per heavy atom. The van der Waals surface area contributed by atoms with Crippen LogP contribution in [0.4, 0.5) is 0 Å². The lowest BCUT2D eigenvalue weighted by molar-refractivity contribution is -0.141. The first kappa shape index (κ1) is 28.5. The zero-order valence-electron chi connectivity index (χ0n) is 20.3. The van der Waals surface area contributed by atoms with Gasteiger partial charge in [-0.15, -0.1) is 0 Å². The number of thioether (sulfide) groups is 1. The first-order valence-electron chi connectivity index (χ1n) is 10.3. The molecule has 0 saturated heterocycles. The number of aliphatic carboxylic acids is 1. The van der Waals surface area contributed by atoms with Gasteiger partial charge in [-0.3, -0.25) is 9.59 Å². The van der Waals surface area contributed by atoms with Crippen molar-refractivity contribution in [2.24, 2.45) is 11.3 Å². The SMILES string of the molecule is CNC(C)(CCSC)C(=O)N[C@H](C(=O)N(C)[C@H](C=C(C)C(=O)O)C(C)C)C(C)(C)C. The Bertz CT molecular complexity index is 643. The lowest BCUT2D eigenvalue weighted by Crippen LogP contribution is -2.62. The molecule has 3 N–H and O–H groups in total. The number of hydrogen-bond donors (Lipinski definition) is 3. The Labute approximate surface area is 186 Å². The van der Waals surface area contributed by atoms with Crippen LogP contribution < -0.4 is 10.6 Å². The maximum atomic E-state index is 13.5. The molecular formula is C22H41N3O4S. The predicted octanol–water partition coefficient (Wildman–Crippen LogP) is 2.76. The van der Waals surface area contributed by atoms with E-state index in [0.29, 0.717) is 6.42 Å². The summed E-state index contributed by atoms with van der Waals surface area (Å²) in [6, 6.07) is -1.15. The third kappa shape index (κ3) is 7.95. The molecular weight excluding hydrogens is 402 g/mol. The molecule has 1 unspecified atom stereocenters. The van der Waals surface area contributed by atoms with Crippen molar-refractivity contribution in [1.82, 2.24) is 15.5 Å². The fourth-order valence-corrected chi connectivity index (χ4v) is 3.64. The predicted molar refractivity (Wildman–Crippen MR) is 125 cm³/mol. The fourth-order valence-electron chi connectivity index (χ4n) is 3.03. The number of likely N-dealkylation sites (N-methyl/N-ethyl adjacent to an activating group) is 2. The highest BCUT2D eigenvalue weighted by molar-refractivity contribution is 7.98. The maximum absolute atomic E-state index is 13.5. The monoisotopic (exact) mass is 443 g/mol. The number of nitrogens with one attached hydrogen (secondary N) is 2. The Morgan fingerprint density at radius 3 is 2.07 bits per heavy atom. The minimum Gasteiger partial charge on any atom is -0.478 e. The summed E-state index contributed by atoms with van der Waals surface area (Å²) < 4.78 is 0. The molecule has 0 spiro atoms. The summed E-state index contributed by atoms with van der Waals surface area (Å²) in [4.78, 5) is 39.4. The zero-order chi connectivity index (χ0) is 23.9. The van der Waals surface area contributed by atoms with Crippen LogP contribution in [0.15, 0.2) is 11.6 Å². The van der Waals surface area contributed by atoms with E-state index in [4.69, 9.17) is 0 Å². The highest BCUT2D eigenvalue weighted by atomic mass is 32.2. The van der Waals surface area contributed by atoms with Gasteiger partial charge in [0.05, 0.1) is 11.6 Å². The Balaban J connectivity index is 5.87. The summed E-state index contributed by atoms with van der Waals surface area (Å²) in [5, 5.41) is 15.3. The van der Waals surface area contributed by atoms with E-state index in [2.05, 4.69) is 10.6 Å². The van der Waals surface area contributed by atoms with Crippen molar-refractivity contribution in [3.05, 3.63) is 11.6 Å². The van der Waals surface area contributed by atoms with E-state index in [9.17, 15) is 19.5 Å². The molecule has 0 aromatic heterocycles. The van der Waals surface area contributed by atoms with Crippen molar-refractivity contribution in [3.8, 4) is 0 Å². The van der Waals surface area contributed by atoms with Gasteiger partial charge in [-0.25, -0.2) is 4.79 Å². The molecule has 0 aromatic rings. The number of carboxylic acid groups (broad SMARTS) is 1. The summed E-state index contributed by atoms with van der Waals surface area (Å²) in [5.74, 6) is -0.658. The van der Waals surface area contributed by atoms with Gasteiger partial charge in [0.15, 0.2) is 0 Å². The molecule has 0 heterocycles. The summed E-state index contributed by atoms with van der Waals surface area (Å²) in [6.07, 6.45) is 4.22. The number of rotatable bonds is 11. The van der Waals surface area contributed by atoms with Crippen LogP contribution in [0.1, 0.15) is 54.9 Å². The molecule has 174 valence electrons. The van der Waals surface area contributed by atoms with E-state index in [1.54, 1.807) is 36.8 Å². The summed E-state index contributed by atoms with van der Waals surface area (Å²) in [6.45, 7) is 12.9. The van der Waals surface area contributed by atoms with Gasteiger partial charge in [-0.2, -0.15) is 11.8 Å². The molecule has 0 aliphatic heterocycles. The maximum Gasteiger partial charge on any atom is 0.331 e. The molecule has 3 atom stereocenters. The van der Waals surface area contributed by atoms with E-state index in [0.717, 1.165) is 5.75 Å². The average Bonchev–Trinajstić information content (AvgIpc) is 2.65. The molecule has 0 bridgehead atoms. The third-order valence-corrected chi connectivity index (χ3v) is 6.10. The average molecular weight is 444 g/mol. The van der Waals surface area contributed by atoms with Gasteiger partial charge < -0.3 is 20.6 Å². The summed E-state index contributed by atoms with van der Waals surface area (Å²) in [5.41, 5.74) is -1.13. The highest BCUT2D eigenvalue weighted by Gasteiger charge is 2.40. The molecule has 0 rings (SSSR count). The molecule has 0 saturated carbocycles. The summed E-state index contributed by atoms with van der Waals surface area (Å²) in [7, 11) is 3.41. The van der Waals surface area contributed by atoms with Crippen LogP contribution >= 0.6 is 11.8 Å². The second-order valence-electron chi connectivity index (χ2n) is 9.44. The second kappa shape index (κ2) is 11.7. The molecule has 7 nitrogen and oxygen atoms in total. The van der Waals surface area contributed by atoms with E-state index in [1.807, 2.05) is 47.8 Å². The lowest BCUT2D eigenvalue weighted by Gasteiger charge is -2.39. The van der Waals surface area contributed by atoms with Crippen LogP contribution in [0.2, 0.25) is 0 Å². The second-order valence-corrected chi connectivity index (χ2v) is 10.4. The number of carbonyl (C=O) groups is 3. The number of amides is 2. The fraction of sp³-hybridized carbons (Fsp3) is 0.773. The molecule has 30 heavy (non-hydrogen) atoms. The standard InChI is InChI=1S/C22H41N3O4S/c1-14(2)16(13-15(3)19(27)28)25(9)18(26)17(21(4,5)6)24-20(29)22(7,23-8)11-12-30-10/h13-14,16-17,23H,11-12H2,1-10H3,(H,24,29)(H,27,28)/t16-,17-,22?/m1/s1. The normalized spacial score (nSPS) is 16.6. The summed E-state index contributed by atoms with van der Waals surface area (Å²) >= 11 is 1.66. The van der Waals surface area contributed by atoms with Crippen molar-refractivity contribution in [1.29, 1.82) is 0 Å². The molecule has 0 fully saturated rings. The lowest BCUT2D eigenvalue weighted by atomic mass is 9.84. The zero-order valence-corrected chi connectivity index (χ0v) is 21.1. The quantitative estimate of drug-likeness (QED) is 0.425. The minimum atomic E-state index is -1.01. The van der Waals surface area contributed by atoms with Crippen molar-refractivity contribution >= 4 is 29.5 Å². The van der Waals surface area contributed by atoms with Crippen molar-refractivity contribution in [2.45, 2.75) is 72.5 Å². The van der Waals surface area contributed by atoms with Crippen molar-refractivity contribution < 1.29 is 19.5 Å². The van der Waals surface area contributed by atoms with Crippen molar-refractivity contribution in [3.63, 3.8) is 0 Å². The molecule has 8 heteroatoms. The molecule has 0 aliphatic rings. The molecule has 0 aromatic carbocycles. The number of carboxylic acids is 1. The van der Waals surface area contributed by atoms with Crippen LogP contribution in [0, 0.1) is 11.3 Å². The first-order valence-corrected chi connectivity index (χ1v) is 11.7. The van der Waals surface area contributed by atoms with Crippen LogP contribution in [0.3, 0.4) is 0 Å². The van der Waals surface area contributed by atoms with Gasteiger partial charge in [0.25, 0.3) is 0 Å². The van der Waals surface area contributed by atoms with E-state index < -0.39 is 29.0 Å². The molecule has 2 amide bonds. The van der Waals surface area contributed by atoms with Crippen molar-refractivity contribution in [2.75, 3.05) is 26.1 Å². The first-order chi connectivity index (χ1) is 13.6. The minimum absolute atomic E-state index is 0.00808. The highest BCUT2D eigenvalue weighted by Crippen LogP contribution is 2.25. The Hall–Kier alpha value is -1.54. The van der Waals surface area contributed by atoms with Crippen LogP contribution in [0.25, 0.3) is 0 Å². The van der Waals surface area contributed by atoms with Gasteiger partial charge in [0.2, 0.25) is 11.8 Å². The van der Waals surface area contributed by atoms with Gasteiger partial charge >= 0.3 is 5.97 Å². The topological polar surface area (TPSA) is 98.7 Å².